The summed E-state index contributed by atoms with van der Waals surface area (Å²) in [6.45, 7) is 5.12. The van der Waals surface area contributed by atoms with Gasteiger partial charge in [-0.1, -0.05) is 31.1 Å². The predicted molar refractivity (Wildman–Crippen MR) is 78.0 cm³/mol. The maximum Gasteiger partial charge on any atom is 0.167 e. The minimum atomic E-state index is 0.427. The maximum absolute atomic E-state index is 5.54. The summed E-state index contributed by atoms with van der Waals surface area (Å²) in [4.78, 5) is 2.11. The van der Waals surface area contributed by atoms with Crippen molar-refractivity contribution in [2.45, 2.75) is 26.8 Å². The van der Waals surface area contributed by atoms with E-state index in [-0.39, 0.29) is 0 Å². The van der Waals surface area contributed by atoms with Crippen LogP contribution in [0.5, 0.6) is 0 Å². The molecule has 2 N–H and O–H groups in total. The Morgan fingerprint density at radius 2 is 1.95 bits per heavy atom. The standard InChI is InChI=1S/C15H21N3O/c1-11(2)8-12-4-6-13(7-5-12)18(3)10-14-9-15(16)17-19-14/h4-7,9,11H,8,10H2,1-3H3,(H2,16,17). The van der Waals surface area contributed by atoms with Gasteiger partial charge in [-0.05, 0) is 30.0 Å². The van der Waals surface area contributed by atoms with Gasteiger partial charge in [0.15, 0.2) is 11.6 Å². The first-order chi connectivity index (χ1) is 9.04. The molecule has 4 nitrogen and oxygen atoms in total. The van der Waals surface area contributed by atoms with E-state index in [1.807, 2.05) is 7.05 Å². The van der Waals surface area contributed by atoms with Crippen molar-refractivity contribution in [3.63, 3.8) is 0 Å². The van der Waals surface area contributed by atoms with Crippen LogP contribution in [0.15, 0.2) is 34.9 Å². The number of nitrogens with zero attached hydrogens (tertiary/aromatic N) is 2. The zero-order chi connectivity index (χ0) is 13.8. The van der Waals surface area contributed by atoms with Crippen LogP contribution in [0, 0.1) is 5.92 Å². The number of rotatable bonds is 5. The summed E-state index contributed by atoms with van der Waals surface area (Å²) in [6, 6.07) is 10.4. The van der Waals surface area contributed by atoms with Gasteiger partial charge in [-0.2, -0.15) is 0 Å². The van der Waals surface area contributed by atoms with E-state index in [2.05, 4.69) is 48.2 Å². The third-order valence-corrected chi connectivity index (χ3v) is 2.99. The van der Waals surface area contributed by atoms with Gasteiger partial charge in [0.1, 0.15) is 0 Å². The zero-order valence-electron chi connectivity index (χ0n) is 11.8. The molecule has 1 aromatic heterocycles. The first-order valence-corrected chi connectivity index (χ1v) is 6.55. The second-order valence-electron chi connectivity index (χ2n) is 5.34. The Labute approximate surface area is 114 Å². The van der Waals surface area contributed by atoms with Gasteiger partial charge >= 0.3 is 0 Å². The summed E-state index contributed by atoms with van der Waals surface area (Å²) in [5.74, 6) is 1.88. The van der Waals surface area contributed by atoms with Crippen LogP contribution in [-0.2, 0) is 13.0 Å². The second-order valence-corrected chi connectivity index (χ2v) is 5.34. The number of benzene rings is 1. The topological polar surface area (TPSA) is 55.3 Å². The molecule has 0 spiro atoms. The molecule has 2 aromatic rings. The molecule has 0 aliphatic carbocycles. The van der Waals surface area contributed by atoms with Crippen LogP contribution >= 0.6 is 0 Å². The third-order valence-electron chi connectivity index (χ3n) is 2.99. The Morgan fingerprint density at radius 3 is 2.47 bits per heavy atom. The van der Waals surface area contributed by atoms with Crippen LogP contribution < -0.4 is 10.6 Å². The molecule has 2 rings (SSSR count). The number of nitrogens with two attached hydrogens (primary N) is 1. The van der Waals surface area contributed by atoms with Gasteiger partial charge < -0.3 is 15.2 Å². The molecule has 0 amide bonds. The first-order valence-electron chi connectivity index (χ1n) is 6.55. The van der Waals surface area contributed by atoms with Gasteiger partial charge in [-0.25, -0.2) is 0 Å². The molecule has 0 atom stereocenters. The van der Waals surface area contributed by atoms with E-state index in [4.69, 9.17) is 10.3 Å². The van der Waals surface area contributed by atoms with Crippen molar-refractivity contribution in [2.75, 3.05) is 17.7 Å². The van der Waals surface area contributed by atoms with Crippen LogP contribution in [0.25, 0.3) is 0 Å². The van der Waals surface area contributed by atoms with Crippen LogP contribution in [0.1, 0.15) is 25.2 Å². The van der Waals surface area contributed by atoms with E-state index in [9.17, 15) is 0 Å². The van der Waals surface area contributed by atoms with Crippen LogP contribution in [0.2, 0.25) is 0 Å². The first kappa shape index (κ1) is 13.5. The number of anilines is 2. The predicted octanol–water partition coefficient (Wildman–Crippen LogP) is 3.09. The Balaban J connectivity index is 2.01. The van der Waals surface area contributed by atoms with E-state index in [1.165, 1.54) is 5.56 Å². The molecule has 1 aromatic carbocycles. The van der Waals surface area contributed by atoms with E-state index in [0.29, 0.717) is 18.3 Å². The molecule has 1 heterocycles. The lowest BCUT2D eigenvalue weighted by molar-refractivity contribution is 0.385. The quantitative estimate of drug-likeness (QED) is 0.896. The maximum atomic E-state index is 5.54. The summed E-state index contributed by atoms with van der Waals surface area (Å²) in [5, 5.41) is 3.69. The van der Waals surface area contributed by atoms with Gasteiger partial charge in [0.2, 0.25) is 0 Å². The van der Waals surface area contributed by atoms with Crippen molar-refractivity contribution in [1.82, 2.24) is 5.16 Å². The average molecular weight is 259 g/mol. The average Bonchev–Trinajstić information content (AvgIpc) is 2.75. The molecule has 4 heteroatoms. The molecule has 0 fully saturated rings. The number of aromatic nitrogens is 1. The number of nitrogen functional groups attached to an aromatic ring is 1. The molecule has 0 aliphatic heterocycles. The van der Waals surface area contributed by atoms with Gasteiger partial charge in [0, 0.05) is 18.8 Å². The number of hydrogen-bond acceptors (Lipinski definition) is 4. The molecule has 0 unspecified atom stereocenters. The molecule has 102 valence electrons. The molecule has 0 aliphatic rings. The summed E-state index contributed by atoms with van der Waals surface area (Å²) in [6.07, 6.45) is 1.11. The van der Waals surface area contributed by atoms with Crippen molar-refractivity contribution in [3.05, 3.63) is 41.7 Å². The summed E-state index contributed by atoms with van der Waals surface area (Å²) in [7, 11) is 2.02. The van der Waals surface area contributed by atoms with Gasteiger partial charge in [0.25, 0.3) is 0 Å². The zero-order valence-corrected chi connectivity index (χ0v) is 11.8. The fourth-order valence-corrected chi connectivity index (χ4v) is 2.09. The molecule has 0 bridgehead atoms. The molecular weight excluding hydrogens is 238 g/mol. The number of hydrogen-bond donors (Lipinski definition) is 1. The highest BCUT2D eigenvalue weighted by Crippen LogP contribution is 2.18. The van der Waals surface area contributed by atoms with E-state index >= 15 is 0 Å². The second kappa shape index (κ2) is 5.78. The Morgan fingerprint density at radius 1 is 1.26 bits per heavy atom. The summed E-state index contributed by atoms with van der Waals surface area (Å²) >= 11 is 0. The lowest BCUT2D eigenvalue weighted by Crippen LogP contribution is -2.15. The van der Waals surface area contributed by atoms with Gasteiger partial charge in [-0.15, -0.1) is 0 Å². The Bertz CT molecular complexity index is 516. The van der Waals surface area contributed by atoms with Crippen LogP contribution in [0.4, 0.5) is 11.5 Å². The van der Waals surface area contributed by atoms with Crippen LogP contribution in [0.3, 0.4) is 0 Å². The SMILES string of the molecule is CC(C)Cc1ccc(N(C)Cc2cc(N)no2)cc1. The van der Waals surface area contributed by atoms with E-state index in [0.717, 1.165) is 17.9 Å². The lowest BCUT2D eigenvalue weighted by atomic mass is 10.0. The van der Waals surface area contributed by atoms with E-state index in [1.54, 1.807) is 6.07 Å². The monoisotopic (exact) mass is 259 g/mol. The van der Waals surface area contributed by atoms with Crippen molar-refractivity contribution in [2.24, 2.45) is 5.92 Å². The van der Waals surface area contributed by atoms with Crippen molar-refractivity contribution in [3.8, 4) is 0 Å². The smallest absolute Gasteiger partial charge is 0.167 e. The largest absolute Gasteiger partial charge is 0.381 e. The summed E-state index contributed by atoms with van der Waals surface area (Å²) in [5.41, 5.74) is 8.06. The molecule has 0 radical (unpaired) electrons. The minimum Gasteiger partial charge on any atom is -0.381 e. The van der Waals surface area contributed by atoms with Crippen molar-refractivity contribution in [1.29, 1.82) is 0 Å². The molecule has 0 saturated heterocycles. The normalized spacial score (nSPS) is 10.9. The fourth-order valence-electron chi connectivity index (χ4n) is 2.09. The highest BCUT2D eigenvalue weighted by Gasteiger charge is 2.07. The van der Waals surface area contributed by atoms with E-state index < -0.39 is 0 Å². The summed E-state index contributed by atoms with van der Waals surface area (Å²) < 4.78 is 5.12. The Hall–Kier alpha value is -1.97. The highest BCUT2D eigenvalue weighted by atomic mass is 16.5. The third kappa shape index (κ3) is 3.74. The van der Waals surface area contributed by atoms with Gasteiger partial charge in [-0.3, -0.25) is 0 Å². The Kier molecular flexibility index (Phi) is 4.10. The molecule has 19 heavy (non-hydrogen) atoms. The minimum absolute atomic E-state index is 0.427. The van der Waals surface area contributed by atoms with Gasteiger partial charge in [0.05, 0.1) is 6.54 Å². The molecule has 0 saturated carbocycles. The highest BCUT2D eigenvalue weighted by molar-refractivity contribution is 5.47. The van der Waals surface area contributed by atoms with Crippen molar-refractivity contribution < 1.29 is 4.52 Å². The fraction of sp³-hybridized carbons (Fsp3) is 0.400. The van der Waals surface area contributed by atoms with Crippen LogP contribution in [-0.4, -0.2) is 12.2 Å². The van der Waals surface area contributed by atoms with Crippen molar-refractivity contribution >= 4 is 11.5 Å². The lowest BCUT2D eigenvalue weighted by Gasteiger charge is -2.18. The molecular formula is C15H21N3O.